The standard InChI is InChI=1S/C12H7Br4O4P/c13-7-1-3-11(9(15)5-7)19-21(17,18)20-12-4-2-8(14)6-10(12)16/h1-6H,(H,17,18). The van der Waals surface area contributed by atoms with Crippen LogP contribution in [-0.2, 0) is 4.57 Å². The fourth-order valence-electron chi connectivity index (χ4n) is 1.37. The lowest BCUT2D eigenvalue weighted by Crippen LogP contribution is -2.00. The first-order valence-corrected chi connectivity index (χ1v) is 10.1. The summed E-state index contributed by atoms with van der Waals surface area (Å²) in [5.41, 5.74) is 0. The van der Waals surface area contributed by atoms with Gasteiger partial charge in [0.15, 0.2) is 0 Å². The topological polar surface area (TPSA) is 55.8 Å². The maximum absolute atomic E-state index is 12.1. The van der Waals surface area contributed by atoms with Gasteiger partial charge < -0.3 is 9.05 Å². The highest BCUT2D eigenvalue weighted by Gasteiger charge is 2.27. The van der Waals surface area contributed by atoms with Crippen LogP contribution in [0.25, 0.3) is 0 Å². The van der Waals surface area contributed by atoms with Crippen molar-refractivity contribution >= 4 is 71.5 Å². The summed E-state index contributed by atoms with van der Waals surface area (Å²) in [7, 11) is -4.31. The van der Waals surface area contributed by atoms with Gasteiger partial charge in [-0.25, -0.2) is 4.57 Å². The Morgan fingerprint density at radius 2 is 1.19 bits per heavy atom. The molecule has 2 rings (SSSR count). The molecule has 0 aliphatic rings. The molecule has 0 atom stereocenters. The van der Waals surface area contributed by atoms with Gasteiger partial charge in [-0.2, -0.15) is 0 Å². The number of rotatable bonds is 4. The smallest absolute Gasteiger partial charge is 0.394 e. The number of benzene rings is 2. The Morgan fingerprint density at radius 1 is 0.810 bits per heavy atom. The summed E-state index contributed by atoms with van der Waals surface area (Å²) in [4.78, 5) is 9.85. The quantitative estimate of drug-likeness (QED) is 0.443. The molecule has 0 fully saturated rings. The van der Waals surface area contributed by atoms with Gasteiger partial charge in [0.05, 0.1) is 8.95 Å². The van der Waals surface area contributed by atoms with Crippen LogP contribution < -0.4 is 9.05 Å². The monoisotopic (exact) mass is 562 g/mol. The molecule has 0 unspecified atom stereocenters. The molecule has 0 amide bonds. The maximum atomic E-state index is 12.1. The second-order valence-corrected chi connectivity index (χ2v) is 8.64. The van der Waals surface area contributed by atoms with Gasteiger partial charge >= 0.3 is 7.82 Å². The summed E-state index contributed by atoms with van der Waals surface area (Å²) in [6, 6.07) is 9.88. The predicted molar refractivity (Wildman–Crippen MR) is 94.8 cm³/mol. The largest absolute Gasteiger partial charge is 0.584 e. The minimum atomic E-state index is -4.31. The Balaban J connectivity index is 2.20. The molecular weight excluding hydrogens is 559 g/mol. The third-order valence-corrected chi connectivity index (χ3v) is 5.30. The summed E-state index contributed by atoms with van der Waals surface area (Å²) in [5.74, 6) is 0.412. The van der Waals surface area contributed by atoms with Crippen molar-refractivity contribution in [3.63, 3.8) is 0 Å². The fraction of sp³-hybridized carbons (Fsp3) is 0. The third-order valence-electron chi connectivity index (χ3n) is 2.22. The van der Waals surface area contributed by atoms with Crippen LogP contribution in [0.4, 0.5) is 0 Å². The molecule has 0 heterocycles. The van der Waals surface area contributed by atoms with Crippen LogP contribution in [0.5, 0.6) is 11.5 Å². The minimum Gasteiger partial charge on any atom is -0.394 e. The first-order chi connectivity index (χ1) is 9.77. The zero-order valence-corrected chi connectivity index (χ0v) is 17.3. The molecule has 0 aromatic heterocycles. The van der Waals surface area contributed by atoms with Crippen molar-refractivity contribution in [3.8, 4) is 11.5 Å². The number of phosphoric ester groups is 1. The zero-order chi connectivity index (χ0) is 15.6. The van der Waals surface area contributed by atoms with Crippen molar-refractivity contribution in [2.24, 2.45) is 0 Å². The molecule has 4 nitrogen and oxygen atoms in total. The molecule has 21 heavy (non-hydrogen) atoms. The van der Waals surface area contributed by atoms with E-state index in [1.54, 1.807) is 36.4 Å². The Morgan fingerprint density at radius 3 is 1.52 bits per heavy atom. The summed E-state index contributed by atoms with van der Waals surface area (Å²) in [6.45, 7) is 0. The molecule has 2 aromatic rings. The Hall–Kier alpha value is 0.150. The van der Waals surface area contributed by atoms with E-state index in [1.165, 1.54) is 0 Å². The van der Waals surface area contributed by atoms with Crippen molar-refractivity contribution in [1.29, 1.82) is 0 Å². The SMILES string of the molecule is O=P(O)(Oc1ccc(Br)cc1Br)Oc1ccc(Br)cc1Br. The lowest BCUT2D eigenvalue weighted by molar-refractivity contribution is 0.289. The van der Waals surface area contributed by atoms with Crippen LogP contribution in [0.1, 0.15) is 0 Å². The molecule has 0 bridgehead atoms. The lowest BCUT2D eigenvalue weighted by atomic mass is 10.3. The highest BCUT2D eigenvalue weighted by Crippen LogP contribution is 2.48. The van der Waals surface area contributed by atoms with Gasteiger partial charge in [-0.3, -0.25) is 4.89 Å². The van der Waals surface area contributed by atoms with E-state index in [4.69, 9.17) is 9.05 Å². The van der Waals surface area contributed by atoms with Gasteiger partial charge in [-0.1, -0.05) is 31.9 Å². The van der Waals surface area contributed by atoms with Gasteiger partial charge in [0.1, 0.15) is 11.5 Å². The number of hydrogen-bond acceptors (Lipinski definition) is 3. The van der Waals surface area contributed by atoms with Crippen molar-refractivity contribution in [1.82, 2.24) is 0 Å². The third kappa shape index (κ3) is 5.08. The molecule has 0 aliphatic heterocycles. The van der Waals surface area contributed by atoms with E-state index in [1.807, 2.05) is 0 Å². The minimum absolute atomic E-state index is 0.206. The van der Waals surface area contributed by atoms with E-state index < -0.39 is 7.82 Å². The molecule has 0 saturated heterocycles. The molecule has 0 radical (unpaired) electrons. The number of hydrogen-bond donors (Lipinski definition) is 1. The average Bonchev–Trinajstić information content (AvgIpc) is 2.36. The van der Waals surface area contributed by atoms with Crippen LogP contribution in [0, 0.1) is 0 Å². The van der Waals surface area contributed by atoms with E-state index >= 15 is 0 Å². The van der Waals surface area contributed by atoms with E-state index in [0.717, 1.165) is 8.95 Å². The summed E-state index contributed by atoms with van der Waals surface area (Å²) >= 11 is 13.1. The van der Waals surface area contributed by atoms with Crippen LogP contribution in [0.2, 0.25) is 0 Å². The molecular formula is C12H7Br4O4P. The van der Waals surface area contributed by atoms with Gasteiger partial charge in [-0.15, -0.1) is 0 Å². The Labute approximate surface area is 155 Å². The summed E-state index contributed by atoms with van der Waals surface area (Å²) in [5, 5.41) is 0. The van der Waals surface area contributed by atoms with Crippen LogP contribution in [-0.4, -0.2) is 4.89 Å². The second kappa shape index (κ2) is 7.15. The average molecular weight is 566 g/mol. The Kier molecular flexibility index (Phi) is 5.96. The molecule has 0 aliphatic carbocycles. The van der Waals surface area contributed by atoms with E-state index in [9.17, 15) is 9.46 Å². The van der Waals surface area contributed by atoms with Crippen molar-refractivity contribution < 1.29 is 18.5 Å². The van der Waals surface area contributed by atoms with E-state index in [2.05, 4.69) is 63.7 Å². The summed E-state index contributed by atoms with van der Waals surface area (Å²) < 4.78 is 24.9. The van der Waals surface area contributed by atoms with Gasteiger partial charge in [0.25, 0.3) is 0 Å². The van der Waals surface area contributed by atoms with Crippen LogP contribution in [0.15, 0.2) is 54.3 Å². The van der Waals surface area contributed by atoms with Crippen LogP contribution >= 0.6 is 71.5 Å². The Bertz CT molecular complexity index is 665. The van der Waals surface area contributed by atoms with Gasteiger partial charge in [-0.05, 0) is 68.3 Å². The molecule has 112 valence electrons. The van der Waals surface area contributed by atoms with Crippen molar-refractivity contribution in [2.45, 2.75) is 0 Å². The predicted octanol–water partition coefficient (Wildman–Crippen LogP) is 6.29. The van der Waals surface area contributed by atoms with Gasteiger partial charge in [0.2, 0.25) is 0 Å². The summed E-state index contributed by atoms with van der Waals surface area (Å²) in [6.07, 6.45) is 0. The first-order valence-electron chi connectivity index (χ1n) is 5.39. The normalized spacial score (nSPS) is 11.3. The molecule has 2 aromatic carbocycles. The van der Waals surface area contributed by atoms with Crippen LogP contribution in [0.3, 0.4) is 0 Å². The van der Waals surface area contributed by atoms with Crippen molar-refractivity contribution in [3.05, 3.63) is 54.3 Å². The maximum Gasteiger partial charge on any atom is 0.584 e. The number of halogens is 4. The highest BCUT2D eigenvalue weighted by molar-refractivity contribution is 9.11. The molecule has 0 spiro atoms. The zero-order valence-electron chi connectivity index (χ0n) is 10.1. The lowest BCUT2D eigenvalue weighted by Gasteiger charge is -2.15. The number of phosphoric acid groups is 1. The van der Waals surface area contributed by atoms with Gasteiger partial charge in [0, 0.05) is 8.95 Å². The molecule has 1 N–H and O–H groups in total. The highest BCUT2D eigenvalue weighted by atomic mass is 79.9. The second-order valence-electron chi connectivity index (χ2n) is 3.80. The first kappa shape index (κ1) is 17.5. The molecule has 9 heteroatoms. The van der Waals surface area contributed by atoms with E-state index in [0.29, 0.717) is 8.95 Å². The van der Waals surface area contributed by atoms with Crippen molar-refractivity contribution in [2.75, 3.05) is 0 Å². The fourth-order valence-corrected chi connectivity index (χ4v) is 4.72. The molecule has 0 saturated carbocycles. The van der Waals surface area contributed by atoms with E-state index in [-0.39, 0.29) is 11.5 Å².